The van der Waals surface area contributed by atoms with E-state index in [4.69, 9.17) is 0 Å². The molecule has 220 valence electrons. The fourth-order valence-corrected chi connectivity index (χ4v) is 5.52. The van der Waals surface area contributed by atoms with Crippen molar-refractivity contribution in [3.05, 3.63) is 173 Å². The second-order valence-corrected chi connectivity index (χ2v) is 9.80. The van der Waals surface area contributed by atoms with Gasteiger partial charge in [0, 0.05) is 0 Å². The average Bonchev–Trinajstić information content (AvgIpc) is 3.69. The Hall–Kier alpha value is -3.43. The molecule has 0 aromatic heterocycles. The quantitative estimate of drug-likeness (QED) is 0.128. The zero-order valence-corrected chi connectivity index (χ0v) is 29.0. The van der Waals surface area contributed by atoms with Crippen LogP contribution in [0, 0.1) is 14.9 Å². The largest absolute Gasteiger partial charge is 0.145 e. The molecule has 0 saturated carbocycles. The Bertz CT molecular complexity index is 1890. The van der Waals surface area contributed by atoms with Crippen molar-refractivity contribution in [2.24, 2.45) is 0 Å². The number of halogens is 2. The standard InChI is InChI=1S/2C19H13.2CH3.2ClH.Si.Ti/c2*1-2-6-14(7-3-1)17-12-16-11-10-15-8-4-5-9-18(15)19(16)13-17;;;;;;/h2*1-13H;2*1H3;2*1H;;/q4*-1;;;;. The van der Waals surface area contributed by atoms with Gasteiger partial charge in [-0.25, -0.2) is 0 Å². The van der Waals surface area contributed by atoms with E-state index >= 15 is 0 Å². The molecule has 8 aromatic rings. The first kappa shape index (κ1) is 36.8. The maximum absolute atomic E-state index is 2.97. The smallest absolute Gasteiger partial charge is 0.0520 e. The Labute approximate surface area is 287 Å². The third kappa shape index (κ3) is 7.61. The van der Waals surface area contributed by atoms with Crippen molar-refractivity contribution in [3.8, 4) is 22.3 Å². The first-order chi connectivity index (χ1) is 19.8. The third-order valence-electron chi connectivity index (χ3n) is 7.44. The van der Waals surface area contributed by atoms with Crippen LogP contribution in [-0.4, -0.2) is 7.63 Å². The summed E-state index contributed by atoms with van der Waals surface area (Å²) in [6, 6.07) is 56.2. The van der Waals surface area contributed by atoms with E-state index in [1.165, 1.54) is 65.3 Å². The second kappa shape index (κ2) is 17.2. The summed E-state index contributed by atoms with van der Waals surface area (Å²) in [4.78, 5) is 0. The van der Waals surface area contributed by atoms with Crippen molar-refractivity contribution in [2.75, 3.05) is 0 Å². The predicted molar refractivity (Wildman–Crippen MR) is 198 cm³/mol. The van der Waals surface area contributed by atoms with E-state index in [-0.39, 0.29) is 39.7 Å². The van der Waals surface area contributed by atoms with Gasteiger partial charge in [-0.2, -0.15) is 0 Å². The maximum Gasteiger partial charge on any atom is -0.0520 e. The zero-order chi connectivity index (χ0) is 27.3. The molecule has 0 spiro atoms. The van der Waals surface area contributed by atoms with Crippen LogP contribution in [0.15, 0.2) is 158 Å². The van der Waals surface area contributed by atoms with E-state index in [0.717, 1.165) is 0 Å². The van der Waals surface area contributed by atoms with Crippen molar-refractivity contribution >= 4 is 75.5 Å². The second-order valence-electron chi connectivity index (χ2n) is 9.80. The van der Waals surface area contributed by atoms with Gasteiger partial charge in [-0.1, -0.05) is 166 Å². The summed E-state index contributed by atoms with van der Waals surface area (Å²) in [5.41, 5.74) is 5.16. The Morgan fingerprint density at radius 2 is 0.705 bits per heavy atom. The molecule has 0 N–H and O–H groups in total. The molecule has 0 saturated heterocycles. The van der Waals surface area contributed by atoms with Gasteiger partial charge >= 0.3 is 26.8 Å². The van der Waals surface area contributed by atoms with Gasteiger partial charge in [-0.15, -0.1) is 81.8 Å². The molecule has 0 atom stereocenters. The van der Waals surface area contributed by atoms with Crippen LogP contribution in [0.3, 0.4) is 0 Å². The summed E-state index contributed by atoms with van der Waals surface area (Å²) in [7, 11) is 2.97. The van der Waals surface area contributed by atoms with E-state index in [1.54, 1.807) is 19.2 Å². The van der Waals surface area contributed by atoms with Crippen molar-refractivity contribution < 1.29 is 19.2 Å². The van der Waals surface area contributed by atoms with Crippen LogP contribution in [0.5, 0.6) is 0 Å². The molecule has 4 heteroatoms. The molecule has 0 aliphatic carbocycles. The number of rotatable bonds is 2. The maximum atomic E-state index is 2.97. The average molecular weight is 662 g/mol. The molecule has 2 radical (unpaired) electrons. The van der Waals surface area contributed by atoms with Crippen LogP contribution in [-0.2, 0) is 19.2 Å². The summed E-state index contributed by atoms with van der Waals surface area (Å²) in [5, 5.41) is 10.6. The molecule has 0 heterocycles. The number of hydrogen-bond acceptors (Lipinski definition) is 0. The number of fused-ring (bicyclic) bond motifs is 6. The fraction of sp³-hybridized carbons (Fsp3) is 0. The Balaban J connectivity index is 0.000000268. The van der Waals surface area contributed by atoms with Gasteiger partial charge in [0.05, 0.1) is 0 Å². The summed E-state index contributed by atoms with van der Waals surface area (Å²) in [5.74, 6) is 0. The fourth-order valence-electron chi connectivity index (χ4n) is 5.52. The van der Waals surface area contributed by atoms with Crippen molar-refractivity contribution in [3.63, 3.8) is 0 Å². The monoisotopic (exact) mass is 660 g/mol. The predicted octanol–water partition coefficient (Wildman–Crippen LogP) is 12.1. The topological polar surface area (TPSA) is 0 Å². The van der Waals surface area contributed by atoms with E-state index in [1.807, 2.05) is 0 Å². The molecule has 0 unspecified atom stereocenters. The summed E-state index contributed by atoms with van der Waals surface area (Å²) < 4.78 is 0. The molecule has 0 fully saturated rings. The van der Waals surface area contributed by atoms with Crippen LogP contribution in [0.2, 0.25) is 0 Å². The summed E-state index contributed by atoms with van der Waals surface area (Å²) >= 11 is 1.81. The Kier molecular flexibility index (Phi) is 14.3. The van der Waals surface area contributed by atoms with Gasteiger partial charge in [0.15, 0.2) is 0 Å². The number of benzene rings is 6. The molecule has 44 heavy (non-hydrogen) atoms. The van der Waals surface area contributed by atoms with Gasteiger partial charge in [-0.3, -0.25) is 0 Å². The minimum Gasteiger partial charge on any atom is -0.145 e. The minimum atomic E-state index is 0. The molecular formula is C40H34Cl2SiTi-4. The first-order valence-corrected chi connectivity index (χ1v) is 16.2. The Morgan fingerprint density at radius 3 is 1.09 bits per heavy atom. The zero-order valence-electron chi connectivity index (χ0n) is 24.8. The van der Waals surface area contributed by atoms with Gasteiger partial charge in [-0.05, 0) is 0 Å². The van der Waals surface area contributed by atoms with Crippen LogP contribution in [0.4, 0.5) is 0 Å². The normalized spacial score (nSPS) is 9.70. The summed E-state index contributed by atoms with van der Waals surface area (Å²) in [6.07, 6.45) is 0. The van der Waals surface area contributed by atoms with Gasteiger partial charge in [0.1, 0.15) is 0 Å². The van der Waals surface area contributed by atoms with E-state index in [0.29, 0.717) is 0 Å². The van der Waals surface area contributed by atoms with Crippen molar-refractivity contribution in [1.82, 2.24) is 0 Å². The molecular weight excluding hydrogens is 627 g/mol. The molecule has 0 bridgehead atoms. The van der Waals surface area contributed by atoms with Crippen molar-refractivity contribution in [2.45, 2.75) is 0 Å². The van der Waals surface area contributed by atoms with Gasteiger partial charge < -0.3 is 14.9 Å². The minimum absolute atomic E-state index is 0. The molecule has 0 aliphatic rings. The van der Waals surface area contributed by atoms with Crippen LogP contribution >= 0.6 is 24.8 Å². The SMILES string of the molecule is Cl.Cl.[CH3-].[CH3-].[Si]=[Ti].c1ccc(-c2cc3ccc4ccccc4c3[cH-]2)cc1.c1ccc(-c2cc3ccc4ccccc4c3[cH-]2)cc1. The summed E-state index contributed by atoms with van der Waals surface area (Å²) in [6.45, 7) is 0. The third-order valence-corrected chi connectivity index (χ3v) is 7.44. The molecule has 0 amide bonds. The van der Waals surface area contributed by atoms with E-state index in [9.17, 15) is 0 Å². The number of hydrogen-bond donors (Lipinski definition) is 0. The van der Waals surface area contributed by atoms with Crippen molar-refractivity contribution in [1.29, 1.82) is 0 Å². The van der Waals surface area contributed by atoms with Gasteiger partial charge in [0.2, 0.25) is 0 Å². The van der Waals surface area contributed by atoms with E-state index in [2.05, 4.69) is 165 Å². The Morgan fingerprint density at radius 1 is 0.386 bits per heavy atom. The van der Waals surface area contributed by atoms with Crippen LogP contribution in [0.1, 0.15) is 0 Å². The first-order valence-electron chi connectivity index (χ1n) is 13.4. The van der Waals surface area contributed by atoms with Crippen LogP contribution < -0.4 is 0 Å². The molecule has 0 nitrogen and oxygen atoms in total. The molecule has 8 aromatic carbocycles. The van der Waals surface area contributed by atoms with E-state index < -0.39 is 0 Å². The molecule has 0 aliphatic heterocycles. The van der Waals surface area contributed by atoms with Gasteiger partial charge in [0.25, 0.3) is 0 Å². The van der Waals surface area contributed by atoms with Crippen LogP contribution in [0.25, 0.3) is 65.3 Å². The molecule has 8 rings (SSSR count).